The lowest BCUT2D eigenvalue weighted by molar-refractivity contribution is -0.913. The summed E-state index contributed by atoms with van der Waals surface area (Å²) in [5, 5.41) is 0. The van der Waals surface area contributed by atoms with Crippen LogP contribution in [0.1, 0.15) is 13.3 Å². The van der Waals surface area contributed by atoms with E-state index in [0.29, 0.717) is 13.0 Å². The number of quaternary nitrogens is 1. The van der Waals surface area contributed by atoms with E-state index in [0.717, 1.165) is 30.7 Å². The highest BCUT2D eigenvalue weighted by Gasteiger charge is 2.29. The van der Waals surface area contributed by atoms with Crippen molar-refractivity contribution in [2.45, 2.75) is 13.3 Å². The Balaban J connectivity index is 2.37. The van der Waals surface area contributed by atoms with Crippen LogP contribution in [0, 0.1) is 0 Å². The van der Waals surface area contributed by atoms with Crippen LogP contribution < -0.4 is 0 Å². The Bertz CT molecular complexity index is 372. The second kappa shape index (κ2) is 5.32. The van der Waals surface area contributed by atoms with Crippen LogP contribution in [-0.4, -0.2) is 73.8 Å². The van der Waals surface area contributed by atoms with Gasteiger partial charge in [0, 0.05) is 13.3 Å². The fourth-order valence-electron chi connectivity index (χ4n) is 2.12. The van der Waals surface area contributed by atoms with Crippen LogP contribution in [0.5, 0.6) is 0 Å². The molecule has 1 fully saturated rings. The van der Waals surface area contributed by atoms with E-state index in [9.17, 15) is 13.2 Å². The summed E-state index contributed by atoms with van der Waals surface area (Å²) in [6.45, 7) is 5.39. The number of carbonyl (C=O) groups is 1. The SMILES string of the molecule is CC(=O)N1CC[N+](C)(CCCS(=O)(=O)O)CC1. The Labute approximate surface area is 103 Å². The molecule has 0 aromatic heterocycles. The second-order valence-electron chi connectivity index (χ2n) is 4.94. The third kappa shape index (κ3) is 5.01. The number of piperazine rings is 1. The number of hydrogen-bond donors (Lipinski definition) is 1. The molecule has 17 heavy (non-hydrogen) atoms. The Hall–Kier alpha value is -0.660. The number of rotatable bonds is 4. The van der Waals surface area contributed by atoms with Crippen LogP contribution in [-0.2, 0) is 14.9 Å². The van der Waals surface area contributed by atoms with E-state index in [-0.39, 0.29) is 11.7 Å². The third-order valence-corrected chi connectivity index (χ3v) is 4.17. The molecule has 0 unspecified atom stereocenters. The normalized spacial score (nSPS) is 20.3. The molecule has 6 nitrogen and oxygen atoms in total. The summed E-state index contributed by atoms with van der Waals surface area (Å²) in [5.41, 5.74) is 0. The summed E-state index contributed by atoms with van der Waals surface area (Å²) in [6, 6.07) is 0. The molecule has 0 aromatic rings. The quantitative estimate of drug-likeness (QED) is 0.553. The standard InChI is InChI=1S/C10H20N2O4S/c1-10(13)11-4-7-12(2,8-5-11)6-3-9-17(14,15)16/h3-9H2,1-2H3/p+1. The van der Waals surface area contributed by atoms with Crippen molar-refractivity contribution < 1.29 is 22.2 Å². The average Bonchev–Trinajstić information content (AvgIpc) is 2.15. The van der Waals surface area contributed by atoms with Crippen molar-refractivity contribution in [3.05, 3.63) is 0 Å². The van der Waals surface area contributed by atoms with Gasteiger partial charge in [-0.2, -0.15) is 8.42 Å². The number of likely N-dealkylation sites (N-methyl/N-ethyl adjacent to an activating group) is 1. The lowest BCUT2D eigenvalue weighted by atomic mass is 10.2. The van der Waals surface area contributed by atoms with Crippen molar-refractivity contribution in [2.75, 3.05) is 45.5 Å². The molecule has 0 radical (unpaired) electrons. The third-order valence-electron chi connectivity index (χ3n) is 3.37. The Morgan fingerprint density at radius 3 is 2.29 bits per heavy atom. The van der Waals surface area contributed by atoms with Gasteiger partial charge in [0.05, 0.1) is 45.5 Å². The van der Waals surface area contributed by atoms with Crippen LogP contribution in [0.2, 0.25) is 0 Å². The van der Waals surface area contributed by atoms with Gasteiger partial charge in [0.25, 0.3) is 10.1 Å². The second-order valence-corrected chi connectivity index (χ2v) is 6.51. The smallest absolute Gasteiger partial charge is 0.265 e. The first-order valence-electron chi connectivity index (χ1n) is 5.76. The van der Waals surface area contributed by atoms with Gasteiger partial charge in [0.2, 0.25) is 5.91 Å². The molecule has 1 aliphatic rings. The molecule has 0 atom stereocenters. The van der Waals surface area contributed by atoms with E-state index < -0.39 is 10.1 Å². The monoisotopic (exact) mass is 265 g/mol. The maximum absolute atomic E-state index is 11.2. The molecule has 1 amide bonds. The highest BCUT2D eigenvalue weighted by molar-refractivity contribution is 7.85. The van der Waals surface area contributed by atoms with E-state index >= 15 is 0 Å². The first kappa shape index (κ1) is 14.4. The summed E-state index contributed by atoms with van der Waals surface area (Å²) in [6.07, 6.45) is 0.454. The van der Waals surface area contributed by atoms with E-state index in [2.05, 4.69) is 7.05 Å². The zero-order valence-electron chi connectivity index (χ0n) is 10.4. The van der Waals surface area contributed by atoms with Gasteiger partial charge in [-0.3, -0.25) is 9.35 Å². The molecule has 0 aromatic carbocycles. The molecule has 1 saturated heterocycles. The molecule has 0 saturated carbocycles. The predicted molar refractivity (Wildman–Crippen MR) is 64.1 cm³/mol. The summed E-state index contributed by atoms with van der Waals surface area (Å²) in [4.78, 5) is 13.0. The Morgan fingerprint density at radius 2 is 1.88 bits per heavy atom. The first-order chi connectivity index (χ1) is 7.72. The van der Waals surface area contributed by atoms with Crippen LogP contribution >= 0.6 is 0 Å². The highest BCUT2D eigenvalue weighted by atomic mass is 32.2. The van der Waals surface area contributed by atoms with Crippen LogP contribution in [0.4, 0.5) is 0 Å². The van der Waals surface area contributed by atoms with Crippen LogP contribution in [0.3, 0.4) is 0 Å². The Morgan fingerprint density at radius 1 is 1.35 bits per heavy atom. The molecule has 100 valence electrons. The highest BCUT2D eigenvalue weighted by Crippen LogP contribution is 2.11. The van der Waals surface area contributed by atoms with Gasteiger partial charge >= 0.3 is 0 Å². The van der Waals surface area contributed by atoms with E-state index in [1.54, 1.807) is 6.92 Å². The molecule has 1 aliphatic heterocycles. The van der Waals surface area contributed by atoms with Crippen molar-refractivity contribution in [3.8, 4) is 0 Å². The minimum absolute atomic E-state index is 0.0918. The first-order valence-corrected chi connectivity index (χ1v) is 7.37. The molecule has 0 bridgehead atoms. The fourth-order valence-corrected chi connectivity index (χ4v) is 2.61. The number of hydrogen-bond acceptors (Lipinski definition) is 3. The Kier molecular flexibility index (Phi) is 4.51. The van der Waals surface area contributed by atoms with Gasteiger partial charge < -0.3 is 9.38 Å². The van der Waals surface area contributed by atoms with Crippen LogP contribution in [0.15, 0.2) is 0 Å². The zero-order valence-corrected chi connectivity index (χ0v) is 11.2. The van der Waals surface area contributed by atoms with E-state index in [1.165, 1.54) is 0 Å². The maximum atomic E-state index is 11.2. The van der Waals surface area contributed by atoms with Crippen molar-refractivity contribution >= 4 is 16.0 Å². The molecular weight excluding hydrogens is 244 g/mol. The summed E-state index contributed by atoms with van der Waals surface area (Å²) in [5.74, 6) is -0.0914. The minimum Gasteiger partial charge on any atom is -0.332 e. The molecular formula is C10H21N2O4S+. The topological polar surface area (TPSA) is 74.7 Å². The van der Waals surface area contributed by atoms with Gasteiger partial charge in [-0.15, -0.1) is 0 Å². The molecule has 0 spiro atoms. The summed E-state index contributed by atoms with van der Waals surface area (Å²) >= 11 is 0. The van der Waals surface area contributed by atoms with Gasteiger partial charge in [0.15, 0.2) is 0 Å². The molecule has 1 N–H and O–H groups in total. The molecule has 1 rings (SSSR count). The number of carbonyl (C=O) groups excluding carboxylic acids is 1. The molecule has 1 heterocycles. The lowest BCUT2D eigenvalue weighted by Gasteiger charge is -2.41. The van der Waals surface area contributed by atoms with Crippen molar-refractivity contribution in [1.29, 1.82) is 0 Å². The van der Waals surface area contributed by atoms with Gasteiger partial charge in [-0.05, 0) is 0 Å². The van der Waals surface area contributed by atoms with Crippen molar-refractivity contribution in [3.63, 3.8) is 0 Å². The van der Waals surface area contributed by atoms with Gasteiger partial charge in [0.1, 0.15) is 0 Å². The fraction of sp³-hybridized carbons (Fsp3) is 0.900. The lowest BCUT2D eigenvalue weighted by Crippen LogP contribution is -2.58. The zero-order chi connectivity index (χ0) is 13.1. The van der Waals surface area contributed by atoms with Crippen molar-refractivity contribution in [1.82, 2.24) is 4.90 Å². The van der Waals surface area contributed by atoms with Gasteiger partial charge in [-0.1, -0.05) is 0 Å². The molecule has 0 aliphatic carbocycles. The van der Waals surface area contributed by atoms with E-state index in [4.69, 9.17) is 4.55 Å². The van der Waals surface area contributed by atoms with Crippen LogP contribution in [0.25, 0.3) is 0 Å². The summed E-state index contributed by atoms with van der Waals surface area (Å²) in [7, 11) is -1.79. The largest absolute Gasteiger partial charge is 0.332 e. The number of nitrogens with zero attached hydrogens (tertiary/aromatic N) is 2. The minimum atomic E-state index is -3.85. The van der Waals surface area contributed by atoms with E-state index in [1.807, 2.05) is 4.90 Å². The maximum Gasteiger partial charge on any atom is 0.265 e. The number of amides is 1. The summed E-state index contributed by atoms with van der Waals surface area (Å²) < 4.78 is 30.7. The van der Waals surface area contributed by atoms with Crippen molar-refractivity contribution in [2.24, 2.45) is 0 Å². The van der Waals surface area contributed by atoms with Gasteiger partial charge in [-0.25, -0.2) is 0 Å². The average molecular weight is 265 g/mol. The predicted octanol–water partition coefficient (Wildman–Crippen LogP) is -0.427. The molecule has 7 heteroatoms.